The molecule has 7 heteroatoms. The largest absolute Gasteiger partial charge is 0.495 e. The maximum atomic E-state index is 13.2. The van der Waals surface area contributed by atoms with E-state index in [0.29, 0.717) is 28.8 Å². The van der Waals surface area contributed by atoms with Crippen LogP contribution < -0.4 is 14.8 Å². The summed E-state index contributed by atoms with van der Waals surface area (Å²) in [7, 11) is 3.02. The molecule has 2 aromatic rings. The van der Waals surface area contributed by atoms with Crippen molar-refractivity contribution < 1.29 is 18.7 Å². The van der Waals surface area contributed by atoms with Crippen LogP contribution in [-0.2, 0) is 0 Å². The van der Waals surface area contributed by atoms with Crippen molar-refractivity contribution in [2.24, 2.45) is 0 Å². The Balaban J connectivity index is 1.81. The monoisotopic (exact) mass is 378 g/mol. The number of nitrogens with one attached hydrogen (secondary N) is 1. The molecule has 1 aliphatic rings. The van der Waals surface area contributed by atoms with Gasteiger partial charge < -0.3 is 19.7 Å². The number of hydrogen-bond acceptors (Lipinski definition) is 3. The van der Waals surface area contributed by atoms with Gasteiger partial charge in [-0.3, -0.25) is 0 Å². The summed E-state index contributed by atoms with van der Waals surface area (Å²) in [5, 5.41) is 3.23. The number of hydrogen-bond donors (Lipinski definition) is 1. The zero-order valence-electron chi connectivity index (χ0n) is 14.6. The number of amides is 2. The number of carbonyl (C=O) groups excluding carboxylic acids is 1. The number of urea groups is 1. The summed E-state index contributed by atoms with van der Waals surface area (Å²) in [5.41, 5.74) is 1.38. The fourth-order valence-corrected chi connectivity index (χ4v) is 3.43. The molecule has 1 heterocycles. The van der Waals surface area contributed by atoms with E-state index in [4.69, 9.17) is 21.1 Å². The maximum Gasteiger partial charge on any atom is 0.322 e. The SMILES string of the molecule is COc1cc(OC)c(NC(=O)N2CCCC2c2ccc(F)cc2)cc1Cl. The maximum absolute atomic E-state index is 13.2. The summed E-state index contributed by atoms with van der Waals surface area (Å²) >= 11 is 6.16. The van der Waals surface area contributed by atoms with Crippen LogP contribution in [0.2, 0.25) is 5.02 Å². The lowest BCUT2D eigenvalue weighted by Crippen LogP contribution is -2.34. The molecule has 1 aliphatic heterocycles. The first kappa shape index (κ1) is 18.3. The number of nitrogens with zero attached hydrogens (tertiary/aromatic N) is 1. The second kappa shape index (κ2) is 7.83. The van der Waals surface area contributed by atoms with Gasteiger partial charge in [0.15, 0.2) is 0 Å². The molecule has 0 aromatic heterocycles. The number of ether oxygens (including phenoxy) is 2. The first-order valence-corrected chi connectivity index (χ1v) is 8.66. The number of rotatable bonds is 4. The molecular formula is C19H20ClFN2O3. The second-order valence-electron chi connectivity index (χ2n) is 6.02. The summed E-state index contributed by atoms with van der Waals surface area (Å²) in [6.07, 6.45) is 1.72. The van der Waals surface area contributed by atoms with E-state index in [2.05, 4.69) is 5.32 Å². The van der Waals surface area contributed by atoms with Gasteiger partial charge in [0, 0.05) is 12.6 Å². The topological polar surface area (TPSA) is 50.8 Å². The summed E-state index contributed by atoms with van der Waals surface area (Å²) in [6, 6.07) is 9.14. The molecule has 2 aromatic carbocycles. The number of anilines is 1. The van der Waals surface area contributed by atoms with E-state index in [9.17, 15) is 9.18 Å². The fourth-order valence-electron chi connectivity index (χ4n) is 3.19. The van der Waals surface area contributed by atoms with Gasteiger partial charge >= 0.3 is 6.03 Å². The molecule has 138 valence electrons. The fraction of sp³-hybridized carbons (Fsp3) is 0.316. The molecule has 3 rings (SSSR count). The van der Waals surface area contributed by atoms with Crippen molar-refractivity contribution in [2.45, 2.75) is 18.9 Å². The van der Waals surface area contributed by atoms with Crippen LogP contribution >= 0.6 is 11.6 Å². The Bertz CT molecular complexity index is 798. The van der Waals surface area contributed by atoms with Crippen molar-refractivity contribution in [1.82, 2.24) is 4.90 Å². The molecular weight excluding hydrogens is 359 g/mol. The predicted molar refractivity (Wildman–Crippen MR) is 98.7 cm³/mol. The average Bonchev–Trinajstić information content (AvgIpc) is 3.12. The standard InChI is InChI=1S/C19H20ClFN2O3/c1-25-17-11-18(26-2)15(10-14(17)20)22-19(24)23-9-3-4-16(23)12-5-7-13(21)8-6-12/h5-8,10-11,16H,3-4,9H2,1-2H3,(H,22,24). The van der Waals surface area contributed by atoms with Crippen LogP contribution in [0.1, 0.15) is 24.4 Å². The molecule has 5 nitrogen and oxygen atoms in total. The first-order valence-electron chi connectivity index (χ1n) is 8.28. The summed E-state index contributed by atoms with van der Waals surface area (Å²) in [4.78, 5) is 14.6. The quantitative estimate of drug-likeness (QED) is 0.826. The zero-order chi connectivity index (χ0) is 18.7. The van der Waals surface area contributed by atoms with Gasteiger partial charge in [0.05, 0.1) is 31.0 Å². The van der Waals surface area contributed by atoms with Gasteiger partial charge in [-0.25, -0.2) is 9.18 Å². The van der Waals surface area contributed by atoms with E-state index in [0.717, 1.165) is 18.4 Å². The first-order chi connectivity index (χ1) is 12.5. The normalized spacial score (nSPS) is 16.5. The summed E-state index contributed by atoms with van der Waals surface area (Å²) in [5.74, 6) is 0.629. The highest BCUT2D eigenvalue weighted by Crippen LogP contribution is 2.37. The third kappa shape index (κ3) is 3.70. The van der Waals surface area contributed by atoms with Crippen LogP contribution in [0.5, 0.6) is 11.5 Å². The van der Waals surface area contributed by atoms with Crippen molar-refractivity contribution in [1.29, 1.82) is 0 Å². The number of methoxy groups -OCH3 is 2. The molecule has 0 bridgehead atoms. The lowest BCUT2D eigenvalue weighted by atomic mass is 10.0. The smallest absolute Gasteiger partial charge is 0.322 e. The van der Waals surface area contributed by atoms with Gasteiger partial charge in [-0.05, 0) is 36.6 Å². The van der Waals surface area contributed by atoms with Crippen LogP contribution in [0.25, 0.3) is 0 Å². The van der Waals surface area contributed by atoms with Crippen LogP contribution in [0.3, 0.4) is 0 Å². The van der Waals surface area contributed by atoms with Gasteiger partial charge in [0.2, 0.25) is 0 Å². The van der Waals surface area contributed by atoms with Crippen LogP contribution in [-0.4, -0.2) is 31.7 Å². The van der Waals surface area contributed by atoms with E-state index in [1.807, 2.05) is 0 Å². The van der Waals surface area contributed by atoms with E-state index in [-0.39, 0.29) is 17.9 Å². The second-order valence-corrected chi connectivity index (χ2v) is 6.43. The lowest BCUT2D eigenvalue weighted by Gasteiger charge is -2.26. The van der Waals surface area contributed by atoms with Crippen LogP contribution in [0, 0.1) is 5.82 Å². The molecule has 1 N–H and O–H groups in total. The van der Waals surface area contributed by atoms with Gasteiger partial charge in [-0.15, -0.1) is 0 Å². The molecule has 1 saturated heterocycles. The lowest BCUT2D eigenvalue weighted by molar-refractivity contribution is 0.207. The Morgan fingerprint density at radius 2 is 1.88 bits per heavy atom. The van der Waals surface area contributed by atoms with Gasteiger partial charge in [-0.2, -0.15) is 0 Å². The Morgan fingerprint density at radius 1 is 1.19 bits per heavy atom. The summed E-state index contributed by atoms with van der Waals surface area (Å²) < 4.78 is 23.7. The minimum atomic E-state index is -0.291. The Hall–Kier alpha value is -2.47. The molecule has 1 unspecified atom stereocenters. The predicted octanol–water partition coefficient (Wildman–Crippen LogP) is 4.87. The van der Waals surface area contributed by atoms with E-state index in [1.54, 1.807) is 29.2 Å². The molecule has 0 spiro atoms. The van der Waals surface area contributed by atoms with Crippen molar-refractivity contribution in [3.63, 3.8) is 0 Å². The molecule has 26 heavy (non-hydrogen) atoms. The Labute approximate surface area is 156 Å². The molecule has 2 amide bonds. The molecule has 0 radical (unpaired) electrons. The number of likely N-dealkylation sites (tertiary alicyclic amines) is 1. The van der Waals surface area contributed by atoms with E-state index in [1.165, 1.54) is 26.4 Å². The van der Waals surface area contributed by atoms with Crippen molar-refractivity contribution in [3.8, 4) is 11.5 Å². The highest BCUT2D eigenvalue weighted by Gasteiger charge is 2.30. The van der Waals surface area contributed by atoms with Crippen LogP contribution in [0.4, 0.5) is 14.9 Å². The third-order valence-electron chi connectivity index (χ3n) is 4.48. The number of carbonyl (C=O) groups is 1. The number of halogens is 2. The Morgan fingerprint density at radius 3 is 2.54 bits per heavy atom. The third-order valence-corrected chi connectivity index (χ3v) is 4.78. The van der Waals surface area contributed by atoms with Crippen molar-refractivity contribution in [2.75, 3.05) is 26.1 Å². The van der Waals surface area contributed by atoms with Crippen molar-refractivity contribution in [3.05, 3.63) is 52.8 Å². The highest BCUT2D eigenvalue weighted by atomic mass is 35.5. The molecule has 0 saturated carbocycles. The minimum absolute atomic E-state index is 0.0877. The summed E-state index contributed by atoms with van der Waals surface area (Å²) in [6.45, 7) is 0.625. The van der Waals surface area contributed by atoms with Crippen LogP contribution in [0.15, 0.2) is 36.4 Å². The highest BCUT2D eigenvalue weighted by molar-refractivity contribution is 6.32. The van der Waals surface area contributed by atoms with Gasteiger partial charge in [-0.1, -0.05) is 23.7 Å². The zero-order valence-corrected chi connectivity index (χ0v) is 15.3. The Kier molecular flexibility index (Phi) is 5.52. The average molecular weight is 379 g/mol. The minimum Gasteiger partial charge on any atom is -0.495 e. The van der Waals surface area contributed by atoms with E-state index < -0.39 is 0 Å². The van der Waals surface area contributed by atoms with Gasteiger partial charge in [0.1, 0.15) is 17.3 Å². The number of benzene rings is 2. The molecule has 1 atom stereocenters. The van der Waals surface area contributed by atoms with Gasteiger partial charge in [0.25, 0.3) is 0 Å². The molecule has 0 aliphatic carbocycles. The molecule has 1 fully saturated rings. The van der Waals surface area contributed by atoms with E-state index >= 15 is 0 Å². The van der Waals surface area contributed by atoms with Crippen molar-refractivity contribution >= 4 is 23.3 Å².